The molecule has 1 aromatic rings. The Morgan fingerprint density at radius 3 is 2.45 bits per heavy atom. The predicted octanol–water partition coefficient (Wildman–Crippen LogP) is 4.52. The van der Waals surface area contributed by atoms with Crippen molar-refractivity contribution in [1.29, 1.82) is 0 Å². The van der Waals surface area contributed by atoms with Crippen molar-refractivity contribution < 1.29 is 4.74 Å². The second kappa shape index (κ2) is 8.34. The van der Waals surface area contributed by atoms with Crippen LogP contribution in [0.5, 0.6) is 5.75 Å². The van der Waals surface area contributed by atoms with E-state index in [9.17, 15) is 0 Å². The monoisotopic (exact) mass is 337 g/mol. The third-order valence-electron chi connectivity index (χ3n) is 4.02. The van der Waals surface area contributed by atoms with Crippen molar-refractivity contribution in [2.75, 3.05) is 6.61 Å². The molecule has 0 saturated heterocycles. The van der Waals surface area contributed by atoms with Crippen LogP contribution in [0.2, 0.25) is 0 Å². The maximum Gasteiger partial charge on any atom is 0.148 e. The van der Waals surface area contributed by atoms with E-state index < -0.39 is 0 Å². The molecule has 110 valence electrons. The zero-order chi connectivity index (χ0) is 15.0. The maximum absolute atomic E-state index is 5.61. The minimum Gasteiger partial charge on any atom is -0.481 e. The lowest BCUT2D eigenvalue weighted by Crippen LogP contribution is -2.43. The van der Waals surface area contributed by atoms with E-state index in [1.54, 1.807) is 0 Å². The highest BCUT2D eigenvalue weighted by atomic mass is 79.9. The van der Waals surface area contributed by atoms with Crippen LogP contribution in [-0.4, -0.2) is 12.1 Å². The van der Waals surface area contributed by atoms with E-state index in [1.807, 2.05) is 12.1 Å². The summed E-state index contributed by atoms with van der Waals surface area (Å²) in [7, 11) is 0. The number of hydrogen-bond acceptors (Lipinski definition) is 2. The van der Waals surface area contributed by atoms with E-state index in [1.165, 1.54) is 0 Å². The molecule has 0 amide bonds. The van der Waals surface area contributed by atoms with Crippen molar-refractivity contribution in [1.82, 2.24) is 5.32 Å². The molecule has 0 atom stereocenters. The first kappa shape index (κ1) is 17.1. The van der Waals surface area contributed by atoms with Gasteiger partial charge in [0.25, 0.3) is 0 Å². The van der Waals surface area contributed by atoms with Crippen LogP contribution in [0.4, 0.5) is 0 Å². The molecular formula is C17H24BrNO. The summed E-state index contributed by atoms with van der Waals surface area (Å²) in [6.07, 6.45) is 8.62. The molecule has 0 radical (unpaired) electrons. The summed E-state index contributed by atoms with van der Waals surface area (Å²) in [5.41, 5.74) is 1.33. The van der Waals surface area contributed by atoms with Crippen LogP contribution >= 0.6 is 15.9 Å². The van der Waals surface area contributed by atoms with Crippen LogP contribution in [0.1, 0.15) is 45.6 Å². The Kier molecular flexibility index (Phi) is 7.12. The smallest absolute Gasteiger partial charge is 0.148 e. The van der Waals surface area contributed by atoms with Crippen molar-refractivity contribution >= 4 is 15.9 Å². The molecule has 0 fully saturated rings. The largest absolute Gasteiger partial charge is 0.481 e. The molecule has 0 aliphatic carbocycles. The summed E-state index contributed by atoms with van der Waals surface area (Å²) >= 11 is 3.51. The average Bonchev–Trinajstić information content (AvgIpc) is 2.48. The Balaban J connectivity index is 2.85. The fraction of sp³-hybridized carbons (Fsp3) is 0.529. The first-order valence-electron chi connectivity index (χ1n) is 7.20. The van der Waals surface area contributed by atoms with Crippen molar-refractivity contribution in [3.05, 3.63) is 28.2 Å². The van der Waals surface area contributed by atoms with Gasteiger partial charge in [-0.15, -0.1) is 6.42 Å². The lowest BCUT2D eigenvalue weighted by atomic mass is 9.89. The van der Waals surface area contributed by atoms with E-state index >= 15 is 0 Å². The molecule has 0 heterocycles. The van der Waals surface area contributed by atoms with Gasteiger partial charge in [-0.2, -0.15) is 0 Å². The zero-order valence-corrected chi connectivity index (χ0v) is 14.2. The van der Waals surface area contributed by atoms with Crippen LogP contribution in [-0.2, 0) is 6.54 Å². The van der Waals surface area contributed by atoms with E-state index in [4.69, 9.17) is 11.2 Å². The highest BCUT2D eigenvalue weighted by Gasteiger charge is 2.23. The van der Waals surface area contributed by atoms with Crippen LogP contribution < -0.4 is 10.1 Å². The minimum atomic E-state index is 0.200. The Morgan fingerprint density at radius 1 is 1.25 bits per heavy atom. The molecule has 0 saturated carbocycles. The summed E-state index contributed by atoms with van der Waals surface area (Å²) in [6, 6.07) is 6.02. The predicted molar refractivity (Wildman–Crippen MR) is 88.9 cm³/mol. The van der Waals surface area contributed by atoms with E-state index in [-0.39, 0.29) is 5.54 Å². The van der Waals surface area contributed by atoms with Gasteiger partial charge in [-0.3, -0.25) is 0 Å². The molecule has 0 spiro atoms. The first-order chi connectivity index (χ1) is 9.60. The Morgan fingerprint density at radius 2 is 1.90 bits per heavy atom. The van der Waals surface area contributed by atoms with Gasteiger partial charge in [0, 0.05) is 22.1 Å². The molecule has 0 aliphatic rings. The summed E-state index contributed by atoms with van der Waals surface area (Å²) < 4.78 is 6.66. The normalized spacial score (nSPS) is 11.2. The van der Waals surface area contributed by atoms with Crippen LogP contribution in [0.15, 0.2) is 22.7 Å². The molecule has 3 heteroatoms. The number of rotatable bonds is 8. The van der Waals surface area contributed by atoms with E-state index in [2.05, 4.69) is 54.0 Å². The maximum atomic E-state index is 5.61. The van der Waals surface area contributed by atoms with Gasteiger partial charge in [0.05, 0.1) is 0 Å². The number of halogens is 1. The Bertz CT molecular complexity index is 452. The van der Waals surface area contributed by atoms with Crippen LogP contribution in [0, 0.1) is 12.3 Å². The molecule has 1 N–H and O–H groups in total. The summed E-state index contributed by atoms with van der Waals surface area (Å²) in [4.78, 5) is 0. The second-order valence-corrected chi connectivity index (χ2v) is 5.86. The SMILES string of the molecule is C#CCOc1ccc(Br)cc1CNC(CC)(CC)CC. The van der Waals surface area contributed by atoms with Gasteiger partial charge in [-0.25, -0.2) is 0 Å². The molecule has 0 bridgehead atoms. The van der Waals surface area contributed by atoms with Gasteiger partial charge < -0.3 is 10.1 Å². The van der Waals surface area contributed by atoms with Crippen molar-refractivity contribution in [2.45, 2.75) is 52.1 Å². The standard InChI is InChI=1S/C17H24BrNO/c1-5-11-20-16-10-9-15(18)12-14(16)13-19-17(6-2,7-3)8-4/h1,9-10,12,19H,6-8,11,13H2,2-4H3. The molecule has 0 aromatic heterocycles. The van der Waals surface area contributed by atoms with Crippen LogP contribution in [0.3, 0.4) is 0 Å². The van der Waals surface area contributed by atoms with Crippen LogP contribution in [0.25, 0.3) is 0 Å². The Labute approximate surface area is 131 Å². The first-order valence-corrected chi connectivity index (χ1v) is 7.99. The van der Waals surface area contributed by atoms with Gasteiger partial charge in [-0.1, -0.05) is 42.6 Å². The fourth-order valence-electron chi connectivity index (χ4n) is 2.35. The van der Waals surface area contributed by atoms with Gasteiger partial charge in [0.2, 0.25) is 0 Å². The third kappa shape index (κ3) is 4.54. The second-order valence-electron chi connectivity index (χ2n) is 4.94. The highest BCUT2D eigenvalue weighted by Crippen LogP contribution is 2.26. The zero-order valence-electron chi connectivity index (χ0n) is 12.6. The lowest BCUT2D eigenvalue weighted by molar-refractivity contribution is 0.284. The topological polar surface area (TPSA) is 21.3 Å². The summed E-state index contributed by atoms with van der Waals surface area (Å²) in [5, 5.41) is 3.69. The fourth-order valence-corrected chi connectivity index (χ4v) is 2.76. The minimum absolute atomic E-state index is 0.200. The lowest BCUT2D eigenvalue weighted by Gasteiger charge is -2.32. The van der Waals surface area contributed by atoms with E-state index in [0.717, 1.165) is 41.6 Å². The molecule has 0 unspecified atom stereocenters. The molecule has 20 heavy (non-hydrogen) atoms. The summed E-state index contributed by atoms with van der Waals surface area (Å²) in [5.74, 6) is 3.37. The number of hydrogen-bond donors (Lipinski definition) is 1. The third-order valence-corrected chi connectivity index (χ3v) is 4.51. The van der Waals surface area contributed by atoms with Crippen molar-refractivity contribution in [2.24, 2.45) is 0 Å². The van der Waals surface area contributed by atoms with Gasteiger partial charge in [-0.05, 0) is 37.5 Å². The molecule has 1 aromatic carbocycles. The quantitative estimate of drug-likeness (QED) is 0.704. The summed E-state index contributed by atoms with van der Waals surface area (Å²) in [6.45, 7) is 7.79. The van der Waals surface area contributed by atoms with Crippen molar-refractivity contribution in [3.8, 4) is 18.1 Å². The number of nitrogens with one attached hydrogen (secondary N) is 1. The average molecular weight is 338 g/mol. The van der Waals surface area contributed by atoms with Gasteiger partial charge in [0.1, 0.15) is 12.4 Å². The van der Waals surface area contributed by atoms with Gasteiger partial charge >= 0.3 is 0 Å². The number of terminal acetylenes is 1. The van der Waals surface area contributed by atoms with Gasteiger partial charge in [0.15, 0.2) is 0 Å². The van der Waals surface area contributed by atoms with Crippen molar-refractivity contribution in [3.63, 3.8) is 0 Å². The Hall–Kier alpha value is -0.980. The molecule has 0 aliphatic heterocycles. The molecular weight excluding hydrogens is 314 g/mol. The molecule has 2 nitrogen and oxygen atoms in total. The highest BCUT2D eigenvalue weighted by molar-refractivity contribution is 9.10. The van der Waals surface area contributed by atoms with E-state index in [0.29, 0.717) is 6.61 Å². The molecule has 1 rings (SSSR count). The number of benzene rings is 1. The number of ether oxygens (including phenoxy) is 1.